The minimum Gasteiger partial charge on any atom is -0.479 e. The lowest BCUT2D eigenvalue weighted by molar-refractivity contribution is 0.367. The van der Waals surface area contributed by atoms with Crippen molar-refractivity contribution in [1.29, 1.82) is 5.26 Å². The molecule has 0 aliphatic carbocycles. The molecule has 3 nitrogen and oxygen atoms in total. The molecule has 2 rings (SSSR count). The third kappa shape index (κ3) is 4.59. The van der Waals surface area contributed by atoms with Crippen LogP contribution in [0.1, 0.15) is 24.1 Å². The largest absolute Gasteiger partial charge is 0.479 e. The van der Waals surface area contributed by atoms with Gasteiger partial charge in [-0.05, 0) is 42.3 Å². The molecule has 1 N–H and O–H groups in total. The van der Waals surface area contributed by atoms with Gasteiger partial charge in [-0.15, -0.1) is 0 Å². The summed E-state index contributed by atoms with van der Waals surface area (Å²) in [6.45, 7) is 2.74. The molecule has 0 aliphatic rings. The average molecular weight is 284 g/mol. The van der Waals surface area contributed by atoms with Gasteiger partial charge in [0.05, 0.1) is 0 Å². The Morgan fingerprint density at radius 3 is 2.71 bits per heavy atom. The maximum absolute atomic E-state index is 12.9. The number of ether oxygens (including phenoxy) is 1. The molecular weight excluding hydrogens is 267 g/mol. The maximum atomic E-state index is 12.9. The van der Waals surface area contributed by atoms with E-state index < -0.39 is 0 Å². The van der Waals surface area contributed by atoms with Crippen molar-refractivity contribution in [2.24, 2.45) is 0 Å². The van der Waals surface area contributed by atoms with Gasteiger partial charge >= 0.3 is 0 Å². The molecule has 0 unspecified atom stereocenters. The van der Waals surface area contributed by atoms with Gasteiger partial charge in [0.15, 0.2) is 6.61 Å². The number of nitriles is 1. The van der Waals surface area contributed by atoms with Crippen molar-refractivity contribution in [3.05, 3.63) is 65.5 Å². The van der Waals surface area contributed by atoms with Gasteiger partial charge in [0.2, 0.25) is 0 Å². The van der Waals surface area contributed by atoms with Gasteiger partial charge in [0.1, 0.15) is 17.6 Å². The molecule has 0 heterocycles. The van der Waals surface area contributed by atoms with Gasteiger partial charge in [-0.1, -0.05) is 24.3 Å². The quantitative estimate of drug-likeness (QED) is 0.882. The lowest BCUT2D eigenvalue weighted by atomic mass is 10.1. The van der Waals surface area contributed by atoms with E-state index in [2.05, 4.69) is 5.32 Å². The Labute approximate surface area is 124 Å². The van der Waals surface area contributed by atoms with Crippen molar-refractivity contribution in [3.8, 4) is 11.8 Å². The van der Waals surface area contributed by atoms with E-state index in [0.717, 1.165) is 11.1 Å². The summed E-state index contributed by atoms with van der Waals surface area (Å²) in [5.74, 6) is 0.457. The summed E-state index contributed by atoms with van der Waals surface area (Å²) in [6.07, 6.45) is 0. The molecule has 0 spiro atoms. The fourth-order valence-electron chi connectivity index (χ4n) is 2.00. The van der Waals surface area contributed by atoms with Crippen molar-refractivity contribution in [2.45, 2.75) is 19.5 Å². The normalized spacial score (nSPS) is 11.7. The molecule has 0 amide bonds. The standard InChI is InChI=1S/C17H17FN2O/c1-13(15-5-7-16(18)8-6-15)20-12-14-3-2-4-17(11-14)21-10-9-19/h2-8,11,13,20H,10,12H2,1H3/t13-/m0/s1. The molecule has 1 atom stereocenters. The summed E-state index contributed by atoms with van der Waals surface area (Å²) in [5, 5.41) is 11.9. The highest BCUT2D eigenvalue weighted by Crippen LogP contribution is 2.16. The Kier molecular flexibility index (Phi) is 5.30. The van der Waals surface area contributed by atoms with Crippen LogP contribution in [0.4, 0.5) is 4.39 Å². The molecular formula is C17H17FN2O. The van der Waals surface area contributed by atoms with Crippen molar-refractivity contribution in [1.82, 2.24) is 5.32 Å². The summed E-state index contributed by atoms with van der Waals surface area (Å²) in [7, 11) is 0. The molecule has 0 saturated heterocycles. The molecule has 0 fully saturated rings. The molecule has 108 valence electrons. The van der Waals surface area contributed by atoms with E-state index in [9.17, 15) is 4.39 Å². The monoisotopic (exact) mass is 284 g/mol. The highest BCUT2D eigenvalue weighted by atomic mass is 19.1. The lowest BCUT2D eigenvalue weighted by Gasteiger charge is -2.14. The number of benzene rings is 2. The van der Waals surface area contributed by atoms with E-state index in [1.807, 2.05) is 37.3 Å². The second kappa shape index (κ2) is 7.41. The third-order valence-electron chi connectivity index (χ3n) is 3.18. The molecule has 2 aromatic carbocycles. The Balaban J connectivity index is 1.93. The molecule has 2 aromatic rings. The lowest BCUT2D eigenvalue weighted by Crippen LogP contribution is -2.18. The Bertz CT molecular complexity index is 619. The molecule has 0 aromatic heterocycles. The Morgan fingerprint density at radius 1 is 1.24 bits per heavy atom. The predicted octanol–water partition coefficient (Wildman–Crippen LogP) is 3.58. The van der Waals surface area contributed by atoms with Crippen LogP contribution in [0, 0.1) is 17.1 Å². The number of nitrogens with zero attached hydrogens (tertiary/aromatic N) is 1. The van der Waals surface area contributed by atoms with Crippen LogP contribution in [-0.4, -0.2) is 6.61 Å². The van der Waals surface area contributed by atoms with E-state index in [1.165, 1.54) is 12.1 Å². The first kappa shape index (κ1) is 15.0. The molecule has 21 heavy (non-hydrogen) atoms. The summed E-state index contributed by atoms with van der Waals surface area (Å²) in [5.41, 5.74) is 2.10. The summed E-state index contributed by atoms with van der Waals surface area (Å²) in [6, 6.07) is 16.2. The van der Waals surface area contributed by atoms with Crippen LogP contribution in [-0.2, 0) is 6.54 Å². The molecule has 0 bridgehead atoms. The van der Waals surface area contributed by atoms with Crippen molar-refractivity contribution >= 4 is 0 Å². The Morgan fingerprint density at radius 2 is 2.00 bits per heavy atom. The fourth-order valence-corrected chi connectivity index (χ4v) is 2.00. The second-order valence-electron chi connectivity index (χ2n) is 4.75. The first-order valence-corrected chi connectivity index (χ1v) is 6.76. The number of rotatable bonds is 6. The van der Waals surface area contributed by atoms with Crippen LogP contribution >= 0.6 is 0 Å². The maximum Gasteiger partial charge on any atom is 0.174 e. The number of hydrogen-bond donors (Lipinski definition) is 1. The van der Waals surface area contributed by atoms with Crippen LogP contribution in [0.15, 0.2) is 48.5 Å². The first-order valence-electron chi connectivity index (χ1n) is 6.76. The van der Waals surface area contributed by atoms with Crippen molar-refractivity contribution < 1.29 is 9.13 Å². The summed E-state index contributed by atoms with van der Waals surface area (Å²) >= 11 is 0. The topological polar surface area (TPSA) is 45.0 Å². The van der Waals surface area contributed by atoms with Gasteiger partial charge in [0, 0.05) is 12.6 Å². The van der Waals surface area contributed by atoms with Crippen LogP contribution in [0.25, 0.3) is 0 Å². The van der Waals surface area contributed by atoms with E-state index >= 15 is 0 Å². The number of hydrogen-bond acceptors (Lipinski definition) is 3. The molecule has 4 heteroatoms. The fraction of sp³-hybridized carbons (Fsp3) is 0.235. The minimum absolute atomic E-state index is 0.0445. The number of halogens is 1. The Hall–Kier alpha value is -2.38. The van der Waals surface area contributed by atoms with Crippen LogP contribution < -0.4 is 10.1 Å². The zero-order chi connectivity index (χ0) is 15.1. The van der Waals surface area contributed by atoms with E-state index in [0.29, 0.717) is 12.3 Å². The summed E-state index contributed by atoms with van der Waals surface area (Å²) in [4.78, 5) is 0. The van der Waals surface area contributed by atoms with E-state index in [4.69, 9.17) is 10.00 Å². The van der Waals surface area contributed by atoms with Gasteiger partial charge in [-0.3, -0.25) is 0 Å². The third-order valence-corrected chi connectivity index (χ3v) is 3.18. The van der Waals surface area contributed by atoms with Gasteiger partial charge in [-0.2, -0.15) is 5.26 Å². The van der Waals surface area contributed by atoms with Crippen molar-refractivity contribution in [2.75, 3.05) is 6.61 Å². The van der Waals surface area contributed by atoms with Crippen molar-refractivity contribution in [3.63, 3.8) is 0 Å². The van der Waals surface area contributed by atoms with Crippen LogP contribution in [0.5, 0.6) is 5.75 Å². The molecule has 0 radical (unpaired) electrons. The predicted molar refractivity (Wildman–Crippen MR) is 79.2 cm³/mol. The molecule has 0 aliphatic heterocycles. The zero-order valence-electron chi connectivity index (χ0n) is 11.8. The second-order valence-corrected chi connectivity index (χ2v) is 4.75. The summed E-state index contributed by atoms with van der Waals surface area (Å²) < 4.78 is 18.2. The smallest absolute Gasteiger partial charge is 0.174 e. The highest BCUT2D eigenvalue weighted by Gasteiger charge is 2.05. The van der Waals surface area contributed by atoms with Gasteiger partial charge in [-0.25, -0.2) is 4.39 Å². The van der Waals surface area contributed by atoms with E-state index in [1.54, 1.807) is 12.1 Å². The SMILES string of the molecule is C[C@H](NCc1cccc(OCC#N)c1)c1ccc(F)cc1. The van der Waals surface area contributed by atoms with Crippen LogP contribution in [0.3, 0.4) is 0 Å². The van der Waals surface area contributed by atoms with Gasteiger partial charge < -0.3 is 10.1 Å². The van der Waals surface area contributed by atoms with Gasteiger partial charge in [0.25, 0.3) is 0 Å². The molecule has 0 saturated carbocycles. The highest BCUT2D eigenvalue weighted by molar-refractivity contribution is 5.29. The average Bonchev–Trinajstić information content (AvgIpc) is 2.52. The van der Waals surface area contributed by atoms with E-state index in [-0.39, 0.29) is 18.5 Å². The van der Waals surface area contributed by atoms with Crippen LogP contribution in [0.2, 0.25) is 0 Å². The first-order chi connectivity index (χ1) is 10.2. The minimum atomic E-state index is -0.228. The zero-order valence-corrected chi connectivity index (χ0v) is 11.8. The number of nitrogens with one attached hydrogen (secondary N) is 1.